The maximum atomic E-state index is 11.7. The van der Waals surface area contributed by atoms with Crippen LogP contribution in [0.4, 0.5) is 0 Å². The van der Waals surface area contributed by atoms with E-state index in [0.717, 1.165) is 21.8 Å². The number of carboxylic acids is 1. The van der Waals surface area contributed by atoms with Crippen LogP contribution >= 0.6 is 27.7 Å². The third-order valence-electron chi connectivity index (χ3n) is 3.18. The van der Waals surface area contributed by atoms with Gasteiger partial charge in [0, 0.05) is 0 Å². The molecule has 0 aliphatic carbocycles. The Kier molecular flexibility index (Phi) is 7.66. The largest absolute Gasteiger partial charge is 0.490 e. The average molecular weight is 458 g/mol. The van der Waals surface area contributed by atoms with Gasteiger partial charge in [0.1, 0.15) is 5.25 Å². The molecule has 1 saturated heterocycles. The second kappa shape index (κ2) is 9.75. The van der Waals surface area contributed by atoms with E-state index in [1.807, 2.05) is 26.8 Å². The molecule has 27 heavy (non-hydrogen) atoms. The van der Waals surface area contributed by atoms with Crippen LogP contribution in [0.2, 0.25) is 0 Å². The maximum Gasteiger partial charge on any atom is 0.305 e. The number of hydrogen-bond acceptors (Lipinski definition) is 7. The number of amides is 1. The van der Waals surface area contributed by atoms with Crippen LogP contribution in [0.3, 0.4) is 0 Å². The SMILES string of the molecule is CCOc1cc(C=NN=C2NC(=O)C(CC(=O)O)S2)cc(Br)c1OC(C)C. The predicted octanol–water partition coefficient (Wildman–Crippen LogP) is 3.03. The molecule has 2 N–H and O–H groups in total. The van der Waals surface area contributed by atoms with E-state index in [-0.39, 0.29) is 23.6 Å². The molecule has 1 aromatic rings. The Hall–Kier alpha value is -2.07. The number of ether oxygens (including phenoxy) is 2. The molecule has 2 rings (SSSR count). The van der Waals surface area contributed by atoms with Crippen molar-refractivity contribution in [2.75, 3.05) is 6.61 Å². The minimum absolute atomic E-state index is 0.00632. The number of nitrogens with zero attached hydrogens (tertiary/aromatic N) is 2. The summed E-state index contributed by atoms with van der Waals surface area (Å²) < 4.78 is 12.1. The highest BCUT2D eigenvalue weighted by Crippen LogP contribution is 2.37. The molecule has 146 valence electrons. The van der Waals surface area contributed by atoms with Crippen LogP contribution in [-0.2, 0) is 9.59 Å². The average Bonchev–Trinajstić information content (AvgIpc) is 2.90. The van der Waals surface area contributed by atoms with Crippen LogP contribution < -0.4 is 14.8 Å². The molecule has 1 amide bonds. The molecule has 8 nitrogen and oxygen atoms in total. The third kappa shape index (κ3) is 6.24. The number of benzene rings is 1. The summed E-state index contributed by atoms with van der Waals surface area (Å²) in [6.07, 6.45) is 1.24. The van der Waals surface area contributed by atoms with Crippen molar-refractivity contribution >= 4 is 51.0 Å². The molecule has 1 unspecified atom stereocenters. The first-order chi connectivity index (χ1) is 12.8. The lowest BCUT2D eigenvalue weighted by molar-refractivity contribution is -0.138. The van der Waals surface area contributed by atoms with Crippen molar-refractivity contribution in [2.45, 2.75) is 38.5 Å². The van der Waals surface area contributed by atoms with Crippen molar-refractivity contribution in [1.29, 1.82) is 0 Å². The zero-order chi connectivity index (χ0) is 20.0. The maximum absolute atomic E-state index is 11.7. The second-order valence-electron chi connectivity index (χ2n) is 5.77. The Labute approximate surface area is 169 Å². The highest BCUT2D eigenvalue weighted by molar-refractivity contribution is 9.10. The van der Waals surface area contributed by atoms with E-state index >= 15 is 0 Å². The van der Waals surface area contributed by atoms with Gasteiger partial charge in [0.05, 0.1) is 29.8 Å². The lowest BCUT2D eigenvalue weighted by atomic mass is 10.2. The van der Waals surface area contributed by atoms with Crippen molar-refractivity contribution in [2.24, 2.45) is 10.2 Å². The van der Waals surface area contributed by atoms with Crippen LogP contribution in [0.1, 0.15) is 32.8 Å². The summed E-state index contributed by atoms with van der Waals surface area (Å²) in [6.45, 7) is 6.22. The summed E-state index contributed by atoms with van der Waals surface area (Å²) in [6, 6.07) is 3.60. The summed E-state index contributed by atoms with van der Waals surface area (Å²) in [7, 11) is 0. The number of rotatable bonds is 8. The number of thioether (sulfide) groups is 1. The fourth-order valence-electron chi connectivity index (χ4n) is 2.17. The van der Waals surface area contributed by atoms with E-state index in [4.69, 9.17) is 14.6 Å². The molecular weight excluding hydrogens is 438 g/mol. The molecule has 0 aromatic heterocycles. The minimum atomic E-state index is -1.04. The van der Waals surface area contributed by atoms with Gasteiger partial charge in [0.25, 0.3) is 0 Å². The first kappa shape index (κ1) is 21.2. The lowest BCUT2D eigenvalue weighted by Crippen LogP contribution is -2.26. The summed E-state index contributed by atoms with van der Waals surface area (Å²) in [4.78, 5) is 22.4. The molecule has 1 heterocycles. The van der Waals surface area contributed by atoms with Crippen molar-refractivity contribution in [3.63, 3.8) is 0 Å². The number of aliphatic carboxylic acids is 1. The Balaban J connectivity index is 2.15. The van der Waals surface area contributed by atoms with Crippen molar-refractivity contribution < 1.29 is 24.2 Å². The van der Waals surface area contributed by atoms with Crippen LogP contribution in [-0.4, -0.2) is 46.3 Å². The van der Waals surface area contributed by atoms with Crippen LogP contribution in [0.25, 0.3) is 0 Å². The molecular formula is C17H20BrN3O5S. The van der Waals surface area contributed by atoms with E-state index < -0.39 is 11.2 Å². The van der Waals surface area contributed by atoms with Crippen LogP contribution in [0.5, 0.6) is 11.5 Å². The van der Waals surface area contributed by atoms with Crippen molar-refractivity contribution in [1.82, 2.24) is 5.32 Å². The van der Waals surface area contributed by atoms with Crippen LogP contribution in [0.15, 0.2) is 26.8 Å². The lowest BCUT2D eigenvalue weighted by Gasteiger charge is -2.16. The zero-order valence-corrected chi connectivity index (χ0v) is 17.5. The van der Waals surface area contributed by atoms with Gasteiger partial charge in [-0.05, 0) is 54.4 Å². The van der Waals surface area contributed by atoms with Gasteiger partial charge in [0.2, 0.25) is 5.91 Å². The topological polar surface area (TPSA) is 110 Å². The summed E-state index contributed by atoms with van der Waals surface area (Å²) in [5, 5.41) is 18.8. The Morgan fingerprint density at radius 1 is 1.48 bits per heavy atom. The number of nitrogens with one attached hydrogen (secondary N) is 1. The minimum Gasteiger partial charge on any atom is -0.490 e. The zero-order valence-electron chi connectivity index (χ0n) is 15.1. The van der Waals surface area contributed by atoms with E-state index in [9.17, 15) is 9.59 Å². The summed E-state index contributed by atoms with van der Waals surface area (Å²) >= 11 is 4.52. The third-order valence-corrected chi connectivity index (χ3v) is 4.84. The van der Waals surface area contributed by atoms with Gasteiger partial charge in [-0.3, -0.25) is 9.59 Å². The Bertz CT molecular complexity index is 782. The van der Waals surface area contributed by atoms with E-state index in [2.05, 4.69) is 31.4 Å². The van der Waals surface area contributed by atoms with Crippen molar-refractivity contribution in [3.05, 3.63) is 22.2 Å². The molecule has 10 heteroatoms. The molecule has 0 radical (unpaired) electrons. The standard InChI is InChI=1S/C17H20BrN3O5S/c1-4-25-12-6-10(5-11(18)15(12)26-9(2)3)8-19-21-17-20-16(24)13(27-17)7-14(22)23/h5-6,8-9,13H,4,7H2,1-3H3,(H,22,23)(H,20,21,24). The van der Waals surface area contributed by atoms with E-state index in [1.165, 1.54) is 6.21 Å². The van der Waals surface area contributed by atoms with Crippen molar-refractivity contribution in [3.8, 4) is 11.5 Å². The smallest absolute Gasteiger partial charge is 0.305 e. The molecule has 0 spiro atoms. The Morgan fingerprint density at radius 3 is 2.85 bits per heavy atom. The summed E-state index contributed by atoms with van der Waals surface area (Å²) in [5.41, 5.74) is 0.724. The first-order valence-electron chi connectivity index (χ1n) is 8.23. The normalized spacial score (nSPS) is 18.3. The fourth-order valence-corrected chi connectivity index (χ4v) is 3.64. The highest BCUT2D eigenvalue weighted by Gasteiger charge is 2.32. The molecule has 1 atom stereocenters. The van der Waals surface area contributed by atoms with E-state index in [0.29, 0.717) is 18.1 Å². The number of carboxylic acid groups (broad SMARTS) is 1. The molecule has 1 aliphatic heterocycles. The monoisotopic (exact) mass is 457 g/mol. The van der Waals surface area contributed by atoms with Gasteiger partial charge in [-0.15, -0.1) is 5.10 Å². The first-order valence-corrected chi connectivity index (χ1v) is 9.90. The fraction of sp³-hybridized carbons (Fsp3) is 0.412. The second-order valence-corrected chi connectivity index (χ2v) is 7.82. The number of carbonyl (C=O) groups excluding carboxylic acids is 1. The van der Waals surface area contributed by atoms with Gasteiger partial charge in [-0.25, -0.2) is 0 Å². The molecule has 1 fully saturated rings. The van der Waals surface area contributed by atoms with Gasteiger partial charge in [-0.1, -0.05) is 11.8 Å². The number of hydrogen-bond donors (Lipinski definition) is 2. The molecule has 1 aromatic carbocycles. The molecule has 0 saturated carbocycles. The van der Waals surface area contributed by atoms with Crippen LogP contribution in [0, 0.1) is 0 Å². The van der Waals surface area contributed by atoms with Gasteiger partial charge in [0.15, 0.2) is 16.7 Å². The van der Waals surface area contributed by atoms with E-state index in [1.54, 1.807) is 6.07 Å². The predicted molar refractivity (Wildman–Crippen MR) is 108 cm³/mol. The van der Waals surface area contributed by atoms with Gasteiger partial charge >= 0.3 is 5.97 Å². The Morgan fingerprint density at radius 2 is 2.22 bits per heavy atom. The molecule has 0 bridgehead atoms. The van der Waals surface area contributed by atoms with Gasteiger partial charge < -0.3 is 19.9 Å². The van der Waals surface area contributed by atoms with Gasteiger partial charge in [-0.2, -0.15) is 5.10 Å². The number of carbonyl (C=O) groups is 2. The highest BCUT2D eigenvalue weighted by atomic mass is 79.9. The number of halogens is 1. The number of amidine groups is 1. The summed E-state index contributed by atoms with van der Waals surface area (Å²) in [5.74, 6) is -0.220. The quantitative estimate of drug-likeness (QED) is 0.458. The molecule has 1 aliphatic rings.